The van der Waals surface area contributed by atoms with E-state index in [1.54, 1.807) is 6.20 Å². The predicted octanol–water partition coefficient (Wildman–Crippen LogP) is 2.58. The molecule has 6 nitrogen and oxygen atoms in total. The second kappa shape index (κ2) is 7.76. The number of hydrogen-bond acceptors (Lipinski definition) is 5. The summed E-state index contributed by atoms with van der Waals surface area (Å²) in [6.45, 7) is 4.49. The lowest BCUT2D eigenvalue weighted by Gasteiger charge is -2.34. The first-order valence-corrected chi connectivity index (χ1v) is 9.78. The Morgan fingerprint density at radius 3 is 3.00 bits per heavy atom. The summed E-state index contributed by atoms with van der Waals surface area (Å²) in [5.41, 5.74) is 1.43. The van der Waals surface area contributed by atoms with Crippen LogP contribution in [0, 0.1) is 12.8 Å². The molecule has 3 heterocycles. The molecule has 2 aromatic heterocycles. The molecule has 2 aliphatic rings. The van der Waals surface area contributed by atoms with Crippen molar-refractivity contribution in [1.82, 2.24) is 15.3 Å². The van der Waals surface area contributed by atoms with Gasteiger partial charge in [0.2, 0.25) is 0 Å². The monoisotopic (exact) mass is 356 g/mol. The number of nitrogens with one attached hydrogen (secondary N) is 3. The van der Waals surface area contributed by atoms with Gasteiger partial charge in [0.15, 0.2) is 5.82 Å². The van der Waals surface area contributed by atoms with Crippen LogP contribution < -0.4 is 16.2 Å². The first kappa shape index (κ1) is 17.5. The van der Waals surface area contributed by atoms with Crippen LogP contribution in [-0.4, -0.2) is 41.8 Å². The molecule has 0 unspecified atom stereocenters. The lowest BCUT2D eigenvalue weighted by Crippen LogP contribution is -2.49. The van der Waals surface area contributed by atoms with Crippen LogP contribution in [0.25, 0.3) is 10.9 Å². The summed E-state index contributed by atoms with van der Waals surface area (Å²) < 4.78 is 6.28. The summed E-state index contributed by atoms with van der Waals surface area (Å²) in [6, 6.07) is 4.04. The average molecular weight is 356 g/mol. The van der Waals surface area contributed by atoms with E-state index in [-0.39, 0.29) is 17.7 Å². The number of aryl methyl sites for hydroxylation is 1. The van der Waals surface area contributed by atoms with Crippen molar-refractivity contribution >= 4 is 16.7 Å². The summed E-state index contributed by atoms with van der Waals surface area (Å²) >= 11 is 0. The number of pyridine rings is 2. The molecule has 1 saturated carbocycles. The SMILES string of the molecule is Cc1cc2ccnc(N[C@H]3CCNC[C@H]3OCC3CCCC3)c2[nH]c1=O. The summed E-state index contributed by atoms with van der Waals surface area (Å²) in [5, 5.41) is 7.98. The Morgan fingerprint density at radius 1 is 1.31 bits per heavy atom. The minimum Gasteiger partial charge on any atom is -0.374 e. The number of ether oxygens (including phenoxy) is 1. The van der Waals surface area contributed by atoms with Crippen LogP contribution >= 0.6 is 0 Å². The van der Waals surface area contributed by atoms with Gasteiger partial charge in [0.1, 0.15) is 0 Å². The Morgan fingerprint density at radius 2 is 2.15 bits per heavy atom. The Kier molecular flexibility index (Phi) is 5.22. The van der Waals surface area contributed by atoms with E-state index in [9.17, 15) is 4.79 Å². The first-order chi connectivity index (χ1) is 12.7. The highest BCUT2D eigenvalue weighted by Crippen LogP contribution is 2.26. The van der Waals surface area contributed by atoms with Crippen LogP contribution in [0.4, 0.5) is 5.82 Å². The molecule has 0 spiro atoms. The van der Waals surface area contributed by atoms with E-state index in [2.05, 4.69) is 20.6 Å². The van der Waals surface area contributed by atoms with Gasteiger partial charge in [-0.15, -0.1) is 0 Å². The second-order valence-electron chi connectivity index (χ2n) is 7.67. The minimum atomic E-state index is -0.0621. The van der Waals surface area contributed by atoms with Gasteiger partial charge < -0.3 is 20.4 Å². The van der Waals surface area contributed by atoms with Crippen LogP contribution in [0.15, 0.2) is 23.1 Å². The molecule has 26 heavy (non-hydrogen) atoms. The van der Waals surface area contributed by atoms with Gasteiger partial charge in [-0.2, -0.15) is 0 Å². The van der Waals surface area contributed by atoms with Crippen LogP contribution in [-0.2, 0) is 4.74 Å². The number of nitrogens with zero attached hydrogens (tertiary/aromatic N) is 1. The topological polar surface area (TPSA) is 79.0 Å². The zero-order chi connectivity index (χ0) is 17.9. The highest BCUT2D eigenvalue weighted by Gasteiger charge is 2.28. The molecule has 2 aromatic rings. The van der Waals surface area contributed by atoms with Gasteiger partial charge >= 0.3 is 0 Å². The molecule has 3 N–H and O–H groups in total. The molecule has 4 rings (SSSR count). The fourth-order valence-corrected chi connectivity index (χ4v) is 4.13. The van der Waals surface area contributed by atoms with Crippen LogP contribution in [0.5, 0.6) is 0 Å². The quantitative estimate of drug-likeness (QED) is 0.767. The smallest absolute Gasteiger partial charge is 0.251 e. The van der Waals surface area contributed by atoms with Gasteiger partial charge in [0.05, 0.1) is 17.7 Å². The van der Waals surface area contributed by atoms with E-state index in [0.29, 0.717) is 11.5 Å². The summed E-state index contributed by atoms with van der Waals surface area (Å²) in [7, 11) is 0. The van der Waals surface area contributed by atoms with Crippen molar-refractivity contribution in [2.45, 2.75) is 51.2 Å². The zero-order valence-corrected chi connectivity index (χ0v) is 15.4. The first-order valence-electron chi connectivity index (χ1n) is 9.78. The van der Waals surface area contributed by atoms with E-state index >= 15 is 0 Å². The largest absolute Gasteiger partial charge is 0.374 e. The van der Waals surface area contributed by atoms with Crippen molar-refractivity contribution in [3.05, 3.63) is 34.2 Å². The summed E-state index contributed by atoms with van der Waals surface area (Å²) in [4.78, 5) is 19.5. The van der Waals surface area contributed by atoms with E-state index < -0.39 is 0 Å². The molecule has 1 aliphatic heterocycles. The lowest BCUT2D eigenvalue weighted by molar-refractivity contribution is 0.00945. The molecule has 1 aliphatic carbocycles. The third-order valence-corrected chi connectivity index (χ3v) is 5.72. The average Bonchev–Trinajstić information content (AvgIpc) is 3.16. The second-order valence-corrected chi connectivity index (χ2v) is 7.67. The van der Waals surface area contributed by atoms with Crippen molar-refractivity contribution in [3.8, 4) is 0 Å². The van der Waals surface area contributed by atoms with Crippen molar-refractivity contribution in [1.29, 1.82) is 0 Å². The molecular formula is C20H28N4O2. The molecule has 2 fully saturated rings. The van der Waals surface area contributed by atoms with Crippen LogP contribution in [0.3, 0.4) is 0 Å². The highest BCUT2D eigenvalue weighted by atomic mass is 16.5. The number of fused-ring (bicyclic) bond motifs is 1. The molecule has 2 atom stereocenters. The van der Waals surface area contributed by atoms with E-state index in [1.165, 1.54) is 25.7 Å². The molecule has 6 heteroatoms. The Labute approximate surface area is 153 Å². The molecule has 140 valence electrons. The van der Waals surface area contributed by atoms with Gasteiger partial charge in [-0.3, -0.25) is 4.79 Å². The number of aromatic amines is 1. The van der Waals surface area contributed by atoms with Gasteiger partial charge in [-0.1, -0.05) is 12.8 Å². The molecular weight excluding hydrogens is 328 g/mol. The van der Waals surface area contributed by atoms with Gasteiger partial charge in [0, 0.05) is 30.3 Å². The van der Waals surface area contributed by atoms with Gasteiger partial charge in [0.25, 0.3) is 5.56 Å². The number of H-pyrrole nitrogens is 1. The minimum absolute atomic E-state index is 0.0621. The van der Waals surface area contributed by atoms with Gasteiger partial charge in [-0.25, -0.2) is 4.98 Å². The van der Waals surface area contributed by atoms with Crippen molar-refractivity contribution in [3.63, 3.8) is 0 Å². The third-order valence-electron chi connectivity index (χ3n) is 5.72. The molecule has 0 bridgehead atoms. The summed E-state index contributed by atoms with van der Waals surface area (Å²) in [5.74, 6) is 1.45. The lowest BCUT2D eigenvalue weighted by atomic mass is 10.0. The number of anilines is 1. The fraction of sp³-hybridized carbons (Fsp3) is 0.600. The zero-order valence-electron chi connectivity index (χ0n) is 15.4. The fourth-order valence-electron chi connectivity index (χ4n) is 4.13. The normalized spacial score (nSPS) is 24.2. The highest BCUT2D eigenvalue weighted by molar-refractivity contribution is 5.88. The van der Waals surface area contributed by atoms with Crippen molar-refractivity contribution in [2.24, 2.45) is 5.92 Å². The molecule has 1 saturated heterocycles. The van der Waals surface area contributed by atoms with Crippen LogP contribution in [0.1, 0.15) is 37.7 Å². The molecule has 0 radical (unpaired) electrons. The van der Waals surface area contributed by atoms with Crippen molar-refractivity contribution in [2.75, 3.05) is 25.0 Å². The van der Waals surface area contributed by atoms with E-state index in [0.717, 1.165) is 42.8 Å². The molecule has 0 amide bonds. The standard InChI is InChI=1S/C20H28N4O2/c1-13-10-15-6-9-22-19(18(15)24-20(13)25)23-16-7-8-21-11-17(16)26-12-14-4-2-3-5-14/h6,9-10,14,16-17,21H,2-5,7-8,11-12H2,1H3,(H,22,23)(H,24,25)/t16-,17+/m0/s1. The number of piperidine rings is 1. The summed E-state index contributed by atoms with van der Waals surface area (Å²) in [6.07, 6.45) is 8.16. The van der Waals surface area contributed by atoms with Crippen LogP contribution in [0.2, 0.25) is 0 Å². The molecule has 0 aromatic carbocycles. The third kappa shape index (κ3) is 3.76. The number of hydrogen-bond donors (Lipinski definition) is 3. The Hall–Kier alpha value is -1.92. The van der Waals surface area contributed by atoms with E-state index in [4.69, 9.17) is 4.74 Å². The maximum absolute atomic E-state index is 12.0. The maximum atomic E-state index is 12.0. The Bertz CT molecular complexity index is 813. The maximum Gasteiger partial charge on any atom is 0.251 e. The van der Waals surface area contributed by atoms with E-state index in [1.807, 2.05) is 19.1 Å². The van der Waals surface area contributed by atoms with Crippen molar-refractivity contribution < 1.29 is 4.74 Å². The van der Waals surface area contributed by atoms with Gasteiger partial charge in [-0.05, 0) is 50.8 Å². The number of aromatic nitrogens is 2. The predicted molar refractivity (Wildman–Crippen MR) is 104 cm³/mol. The number of rotatable bonds is 5. The Balaban J connectivity index is 1.51.